The van der Waals surface area contributed by atoms with Crippen molar-refractivity contribution < 1.29 is 43.0 Å². The van der Waals surface area contributed by atoms with Crippen molar-refractivity contribution in [2.24, 2.45) is 0 Å². The summed E-state index contributed by atoms with van der Waals surface area (Å²) in [4.78, 5) is 19.4. The van der Waals surface area contributed by atoms with Crippen LogP contribution < -0.4 is 0 Å². The molecule has 0 aromatic rings. The largest absolute Gasteiger partial charge is 2.00 e. The fourth-order valence-electron chi connectivity index (χ4n) is 4.54. The molecule has 0 aliphatic heterocycles. The van der Waals surface area contributed by atoms with Crippen molar-refractivity contribution >= 4 is 33.9 Å². The summed E-state index contributed by atoms with van der Waals surface area (Å²) in [6, 6.07) is 0. The van der Waals surface area contributed by atoms with E-state index in [2.05, 4.69) is 135 Å². The summed E-state index contributed by atoms with van der Waals surface area (Å²) in [7, 11) is -7.92. The Morgan fingerprint density at radius 3 is 0.528 bits per heavy atom. The van der Waals surface area contributed by atoms with Crippen molar-refractivity contribution in [1.82, 2.24) is 0 Å². The molecule has 0 saturated heterocycles. The number of hydrogen-bond donors (Lipinski definition) is 0. The minimum absolute atomic E-state index is 0. The second kappa shape index (κ2) is 15.1. The van der Waals surface area contributed by atoms with Gasteiger partial charge in [-0.05, 0) is 0 Å². The molecule has 0 aliphatic rings. The molecule has 0 amide bonds. The molecule has 0 unspecified atom stereocenters. The molecular weight excluding hydrogens is 593 g/mol. The molecule has 0 aromatic carbocycles. The molecule has 0 N–H and O–H groups in total. The molecule has 0 atom stereocenters. The number of rotatable bonds is 8. The van der Waals surface area contributed by atoms with Gasteiger partial charge < -0.3 is 28.2 Å². The van der Waals surface area contributed by atoms with Crippen molar-refractivity contribution in [3.63, 3.8) is 0 Å². The maximum Gasteiger partial charge on any atom is 2.00 e. The smallest absolute Gasteiger partial charge is 0.638 e. The van der Waals surface area contributed by atoms with Crippen molar-refractivity contribution in [2.75, 3.05) is 0 Å². The molecule has 0 radical (unpaired) electrons. The van der Waals surface area contributed by atoms with Crippen LogP contribution in [0, 0.1) is 0 Å². The quantitative estimate of drug-likeness (QED) is 0.245. The van der Waals surface area contributed by atoms with Crippen LogP contribution in [0.5, 0.6) is 0 Å². The van der Waals surface area contributed by atoms with E-state index in [0.717, 1.165) is 0 Å². The Morgan fingerprint density at radius 2 is 0.444 bits per heavy atom. The average molecular weight is 653 g/mol. The van der Waals surface area contributed by atoms with Crippen molar-refractivity contribution in [1.29, 1.82) is 0 Å². The van der Waals surface area contributed by atoms with Crippen molar-refractivity contribution in [3.05, 3.63) is 19.9 Å². The first-order valence-electron chi connectivity index (χ1n) is 12.6. The zero-order chi connectivity index (χ0) is 28.2. The molecule has 0 rings (SSSR count). The van der Waals surface area contributed by atoms with Crippen LogP contribution in [0.25, 0.3) is 19.9 Å². The molecule has 0 aliphatic carbocycles. The second-order valence-electron chi connectivity index (χ2n) is 15.1. The third kappa shape index (κ3) is 30.2. The standard InChI is InChI=1S/2C12H30N2OSi2.2Cr/c2*1-11(2,3)13-16(7,8)15-17(9,10)14-12(4,5)6;;/h2*1-10H3;;/q2*-2;2*+2. The third-order valence-corrected chi connectivity index (χ3v) is 16.2. The molecular formula is C24H60Cr2N4O2Si4. The van der Waals surface area contributed by atoms with Crippen molar-refractivity contribution in [3.8, 4) is 0 Å². The Bertz CT molecular complexity index is 518. The van der Waals surface area contributed by atoms with E-state index in [4.69, 9.17) is 28.2 Å². The molecule has 0 saturated carbocycles. The first-order chi connectivity index (χ1) is 14.2. The van der Waals surface area contributed by atoms with E-state index in [1.807, 2.05) is 0 Å². The van der Waals surface area contributed by atoms with E-state index in [1.165, 1.54) is 0 Å². The molecule has 0 heterocycles. The van der Waals surface area contributed by atoms with Gasteiger partial charge in [0.25, 0.3) is 0 Å². The van der Waals surface area contributed by atoms with Crippen LogP contribution in [-0.4, -0.2) is 56.1 Å². The normalized spacial score (nSPS) is 14.3. The second-order valence-corrected chi connectivity index (χ2v) is 29.2. The van der Waals surface area contributed by atoms with Gasteiger partial charge >= 0.3 is 34.7 Å². The summed E-state index contributed by atoms with van der Waals surface area (Å²) in [5.74, 6) is 0. The zero-order valence-electron chi connectivity index (χ0n) is 27.4. The topological polar surface area (TPSA) is 74.9 Å². The Balaban J connectivity index is -0.000000269. The Morgan fingerprint density at radius 1 is 0.333 bits per heavy atom. The van der Waals surface area contributed by atoms with Gasteiger partial charge in [0.15, 0.2) is 0 Å². The van der Waals surface area contributed by atoms with Gasteiger partial charge in [0, 0.05) is 0 Å². The van der Waals surface area contributed by atoms with E-state index in [9.17, 15) is 0 Å². The van der Waals surface area contributed by atoms with Gasteiger partial charge in [-0.15, -0.1) is 22.2 Å². The Hall–Kier alpha value is 1.69. The van der Waals surface area contributed by atoms with E-state index in [1.54, 1.807) is 0 Å². The summed E-state index contributed by atoms with van der Waals surface area (Å²) in [5.41, 5.74) is -0.103. The molecule has 0 aromatic heterocycles. The molecule has 36 heavy (non-hydrogen) atoms. The SMILES string of the molecule is CC(C)(C)[N-][Si](C)(C)O[Si](C)(C)[N-]C(C)(C)C.CC(C)(C)[N-][Si](C)(C)O[Si](C)(C)[N-]C(C)(C)C.[Cr+2].[Cr+2]. The maximum absolute atomic E-state index is 6.32. The van der Waals surface area contributed by atoms with E-state index in [0.29, 0.717) is 0 Å². The molecule has 6 nitrogen and oxygen atoms in total. The fourth-order valence-corrected chi connectivity index (χ4v) is 21.5. The summed E-state index contributed by atoms with van der Waals surface area (Å²) >= 11 is 0. The van der Waals surface area contributed by atoms with Crippen LogP contribution in [0.1, 0.15) is 83.1 Å². The van der Waals surface area contributed by atoms with Crippen LogP contribution >= 0.6 is 0 Å². The van der Waals surface area contributed by atoms with Gasteiger partial charge in [-0.25, -0.2) is 0 Å². The number of nitrogens with zero attached hydrogens (tertiary/aromatic N) is 4. The number of hydrogen-bond acceptors (Lipinski definition) is 2. The summed E-state index contributed by atoms with van der Waals surface area (Å²) in [6.07, 6.45) is 0. The zero-order valence-corrected chi connectivity index (χ0v) is 34.0. The molecule has 0 spiro atoms. The Kier molecular flexibility index (Phi) is 18.7. The average Bonchev–Trinajstić information content (AvgIpc) is 2.20. The monoisotopic (exact) mass is 652 g/mol. The van der Waals surface area contributed by atoms with Crippen LogP contribution in [0.15, 0.2) is 0 Å². The molecule has 216 valence electrons. The van der Waals surface area contributed by atoms with Crippen LogP contribution in [-0.2, 0) is 43.0 Å². The molecule has 0 bridgehead atoms. The summed E-state index contributed by atoms with van der Waals surface area (Å²) in [6.45, 7) is 42.8. The third-order valence-electron chi connectivity index (χ3n) is 3.42. The van der Waals surface area contributed by atoms with Gasteiger partial charge in [-0.2, -0.15) is 0 Å². The minimum atomic E-state index is -1.98. The van der Waals surface area contributed by atoms with E-state index < -0.39 is 33.9 Å². The van der Waals surface area contributed by atoms with Crippen LogP contribution in [0.2, 0.25) is 52.4 Å². The summed E-state index contributed by atoms with van der Waals surface area (Å²) < 4.78 is 12.6. The van der Waals surface area contributed by atoms with Crippen LogP contribution in [0.3, 0.4) is 0 Å². The minimum Gasteiger partial charge on any atom is -0.638 e. The van der Waals surface area contributed by atoms with E-state index >= 15 is 0 Å². The molecule has 0 fully saturated rings. The first kappa shape index (κ1) is 44.7. The van der Waals surface area contributed by atoms with Gasteiger partial charge in [-0.3, -0.25) is 0 Å². The van der Waals surface area contributed by atoms with Crippen LogP contribution in [0.4, 0.5) is 0 Å². The van der Waals surface area contributed by atoms with Gasteiger partial charge in [0.2, 0.25) is 0 Å². The first-order valence-corrected chi connectivity index (χ1v) is 24.0. The van der Waals surface area contributed by atoms with Gasteiger partial charge in [0.1, 0.15) is 0 Å². The predicted molar refractivity (Wildman–Crippen MR) is 165 cm³/mol. The fraction of sp³-hybridized carbons (Fsp3) is 1.00. The Labute approximate surface area is 253 Å². The molecule has 12 heteroatoms. The summed E-state index contributed by atoms with van der Waals surface area (Å²) in [5, 5.41) is 0. The van der Waals surface area contributed by atoms with Gasteiger partial charge in [0.05, 0.1) is 33.9 Å². The van der Waals surface area contributed by atoms with Crippen molar-refractivity contribution in [2.45, 2.75) is 158 Å². The predicted octanol–water partition coefficient (Wildman–Crippen LogP) is 9.50. The van der Waals surface area contributed by atoms with E-state index in [-0.39, 0.29) is 56.9 Å². The maximum atomic E-state index is 6.32. The van der Waals surface area contributed by atoms with Gasteiger partial charge in [-0.1, -0.05) is 135 Å².